The van der Waals surface area contributed by atoms with Crippen molar-refractivity contribution in [1.29, 1.82) is 0 Å². The van der Waals surface area contributed by atoms with E-state index in [2.05, 4.69) is 46.9 Å². The first-order chi connectivity index (χ1) is 10.4. The number of rotatable bonds is 6. The van der Waals surface area contributed by atoms with E-state index in [9.17, 15) is 0 Å². The summed E-state index contributed by atoms with van der Waals surface area (Å²) < 4.78 is 0. The average Bonchev–Trinajstić information content (AvgIpc) is 3.07. The van der Waals surface area contributed by atoms with Gasteiger partial charge in [0.1, 0.15) is 0 Å². The molecule has 2 aromatic rings. The van der Waals surface area contributed by atoms with Gasteiger partial charge in [-0.25, -0.2) is 0 Å². The first-order valence-electron chi connectivity index (χ1n) is 7.43. The molecule has 0 saturated heterocycles. The number of hydrogen-bond acceptors (Lipinski definition) is 3. The van der Waals surface area contributed by atoms with E-state index in [0.29, 0.717) is 6.61 Å². The molecule has 0 aromatic heterocycles. The molecule has 1 heterocycles. The fraction of sp³-hybridized carbons (Fsp3) is 0.278. The molecule has 0 radical (unpaired) electrons. The second kappa shape index (κ2) is 7.16. The lowest BCUT2D eigenvalue weighted by atomic mass is 10.0. The van der Waals surface area contributed by atoms with Crippen molar-refractivity contribution >= 4 is 5.71 Å². The Morgan fingerprint density at radius 1 is 1.00 bits per heavy atom. The van der Waals surface area contributed by atoms with Gasteiger partial charge in [0.15, 0.2) is 0 Å². The molecule has 108 valence electrons. The second-order valence-electron chi connectivity index (χ2n) is 5.21. The van der Waals surface area contributed by atoms with Crippen molar-refractivity contribution in [2.45, 2.75) is 25.5 Å². The molecule has 3 heteroatoms. The number of nitrogens with one attached hydrogen (secondary N) is 1. The summed E-state index contributed by atoms with van der Waals surface area (Å²) >= 11 is 0. The van der Waals surface area contributed by atoms with Crippen molar-refractivity contribution in [3.05, 3.63) is 71.8 Å². The molecule has 0 aliphatic carbocycles. The van der Waals surface area contributed by atoms with Gasteiger partial charge in [-0.05, 0) is 24.0 Å². The molecule has 3 nitrogen and oxygen atoms in total. The Kier molecular flexibility index (Phi) is 4.77. The van der Waals surface area contributed by atoms with Crippen LogP contribution in [0.4, 0.5) is 0 Å². The van der Waals surface area contributed by atoms with E-state index in [4.69, 9.17) is 4.84 Å². The molecule has 0 fully saturated rings. The van der Waals surface area contributed by atoms with Gasteiger partial charge in [0.05, 0.1) is 12.6 Å². The topological polar surface area (TPSA) is 33.6 Å². The van der Waals surface area contributed by atoms with E-state index < -0.39 is 0 Å². The fourth-order valence-electron chi connectivity index (χ4n) is 2.55. The minimum Gasteiger partial charge on any atom is -0.296 e. The van der Waals surface area contributed by atoms with Crippen LogP contribution in [-0.2, 0) is 11.4 Å². The minimum absolute atomic E-state index is 0.0532. The average molecular weight is 280 g/mol. The lowest BCUT2D eigenvalue weighted by Gasteiger charge is -2.19. The highest BCUT2D eigenvalue weighted by Gasteiger charge is 2.20. The zero-order chi connectivity index (χ0) is 14.3. The van der Waals surface area contributed by atoms with E-state index in [0.717, 1.165) is 24.9 Å². The molecule has 1 atom stereocenters. The summed E-state index contributed by atoms with van der Waals surface area (Å²) in [6, 6.07) is 20.6. The Bertz CT molecular complexity index is 581. The Hall–Kier alpha value is -1.97. The quantitative estimate of drug-likeness (QED) is 0.819. The van der Waals surface area contributed by atoms with Gasteiger partial charge in [-0.2, -0.15) is 5.48 Å². The maximum absolute atomic E-state index is 5.72. The van der Waals surface area contributed by atoms with E-state index in [1.807, 2.05) is 24.3 Å². The van der Waals surface area contributed by atoms with Crippen molar-refractivity contribution in [2.24, 2.45) is 4.99 Å². The van der Waals surface area contributed by atoms with Gasteiger partial charge >= 0.3 is 0 Å². The van der Waals surface area contributed by atoms with Crippen LogP contribution in [-0.4, -0.2) is 12.3 Å². The molecule has 0 spiro atoms. The summed E-state index contributed by atoms with van der Waals surface area (Å²) in [6.45, 7) is 1.48. The van der Waals surface area contributed by atoms with Gasteiger partial charge in [-0.15, -0.1) is 0 Å². The van der Waals surface area contributed by atoms with E-state index in [1.165, 1.54) is 11.3 Å². The van der Waals surface area contributed by atoms with E-state index in [1.54, 1.807) is 0 Å². The Balaban J connectivity index is 1.65. The molecular formula is C18H20N2O. The monoisotopic (exact) mass is 280 g/mol. The molecule has 0 saturated carbocycles. The minimum atomic E-state index is 0.0532. The third-order valence-electron chi connectivity index (χ3n) is 3.65. The van der Waals surface area contributed by atoms with Crippen LogP contribution in [0.15, 0.2) is 65.7 Å². The van der Waals surface area contributed by atoms with Crippen LogP contribution in [0.25, 0.3) is 0 Å². The van der Waals surface area contributed by atoms with Gasteiger partial charge in [-0.1, -0.05) is 60.7 Å². The van der Waals surface area contributed by atoms with Crippen LogP contribution in [0, 0.1) is 0 Å². The summed E-state index contributed by atoms with van der Waals surface area (Å²) in [5.74, 6) is 0. The molecule has 1 aliphatic heterocycles. The predicted molar refractivity (Wildman–Crippen MR) is 85.1 cm³/mol. The van der Waals surface area contributed by atoms with Gasteiger partial charge in [0, 0.05) is 12.3 Å². The van der Waals surface area contributed by atoms with Crippen LogP contribution in [0.3, 0.4) is 0 Å². The SMILES string of the molecule is c1ccc(CONC(C2=NCCC2)c2ccccc2)cc1. The van der Waals surface area contributed by atoms with Gasteiger partial charge in [0.2, 0.25) is 0 Å². The molecule has 1 unspecified atom stereocenters. The van der Waals surface area contributed by atoms with Gasteiger partial charge in [0.25, 0.3) is 0 Å². The normalized spacial score (nSPS) is 15.7. The molecule has 3 rings (SSSR count). The lowest BCUT2D eigenvalue weighted by molar-refractivity contribution is 0.0167. The van der Waals surface area contributed by atoms with Crippen LogP contribution in [0.1, 0.15) is 30.0 Å². The molecule has 2 aromatic carbocycles. The molecule has 1 N–H and O–H groups in total. The van der Waals surface area contributed by atoms with Gasteiger partial charge < -0.3 is 0 Å². The Morgan fingerprint density at radius 3 is 2.38 bits per heavy atom. The highest BCUT2D eigenvalue weighted by Crippen LogP contribution is 2.21. The maximum Gasteiger partial charge on any atom is 0.0949 e. The lowest BCUT2D eigenvalue weighted by Crippen LogP contribution is -2.28. The highest BCUT2D eigenvalue weighted by molar-refractivity contribution is 5.91. The van der Waals surface area contributed by atoms with Crippen molar-refractivity contribution in [3.8, 4) is 0 Å². The molecule has 0 bridgehead atoms. The smallest absolute Gasteiger partial charge is 0.0949 e. The summed E-state index contributed by atoms with van der Waals surface area (Å²) in [6.07, 6.45) is 2.18. The molecule has 1 aliphatic rings. The largest absolute Gasteiger partial charge is 0.296 e. The standard InChI is InChI=1S/C18H20N2O/c1-3-8-15(9-4-1)14-21-20-18(17-12-7-13-19-17)16-10-5-2-6-11-16/h1-6,8-11,18,20H,7,12-14H2. The number of hydroxylamine groups is 1. The number of nitrogens with zero attached hydrogens (tertiary/aromatic N) is 1. The number of aliphatic imine (C=N–C) groups is 1. The summed E-state index contributed by atoms with van der Waals surface area (Å²) in [5, 5.41) is 0. The van der Waals surface area contributed by atoms with Crippen LogP contribution < -0.4 is 5.48 Å². The predicted octanol–water partition coefficient (Wildman–Crippen LogP) is 3.68. The molecule has 0 amide bonds. The van der Waals surface area contributed by atoms with E-state index in [-0.39, 0.29) is 6.04 Å². The fourth-order valence-corrected chi connectivity index (χ4v) is 2.55. The van der Waals surface area contributed by atoms with Crippen molar-refractivity contribution in [3.63, 3.8) is 0 Å². The first kappa shape index (κ1) is 14.0. The molecule has 21 heavy (non-hydrogen) atoms. The Labute approximate surface area is 125 Å². The third-order valence-corrected chi connectivity index (χ3v) is 3.65. The van der Waals surface area contributed by atoms with Crippen molar-refractivity contribution in [1.82, 2.24) is 5.48 Å². The highest BCUT2D eigenvalue weighted by atomic mass is 16.6. The Morgan fingerprint density at radius 2 is 1.71 bits per heavy atom. The summed E-state index contributed by atoms with van der Waals surface area (Å²) in [7, 11) is 0. The first-order valence-corrected chi connectivity index (χ1v) is 7.43. The van der Waals surface area contributed by atoms with Crippen LogP contribution in [0.2, 0.25) is 0 Å². The van der Waals surface area contributed by atoms with Crippen molar-refractivity contribution < 1.29 is 4.84 Å². The number of benzene rings is 2. The van der Waals surface area contributed by atoms with Crippen molar-refractivity contribution in [2.75, 3.05) is 6.54 Å². The second-order valence-corrected chi connectivity index (χ2v) is 5.21. The van der Waals surface area contributed by atoms with E-state index >= 15 is 0 Å². The zero-order valence-electron chi connectivity index (χ0n) is 12.0. The van der Waals surface area contributed by atoms with Crippen LogP contribution >= 0.6 is 0 Å². The maximum atomic E-state index is 5.72. The van der Waals surface area contributed by atoms with Gasteiger partial charge in [-0.3, -0.25) is 9.83 Å². The zero-order valence-corrected chi connectivity index (χ0v) is 12.0. The third kappa shape index (κ3) is 3.78. The van der Waals surface area contributed by atoms with Crippen LogP contribution in [0.5, 0.6) is 0 Å². The molecular weight excluding hydrogens is 260 g/mol. The summed E-state index contributed by atoms with van der Waals surface area (Å²) in [5.41, 5.74) is 6.74. The summed E-state index contributed by atoms with van der Waals surface area (Å²) in [4.78, 5) is 10.3. The number of hydrogen-bond donors (Lipinski definition) is 1.